The van der Waals surface area contributed by atoms with Crippen LogP contribution in [0.25, 0.3) is 0 Å². The lowest BCUT2D eigenvalue weighted by Gasteiger charge is -2.56. The molecule has 232 valence electrons. The van der Waals surface area contributed by atoms with Crippen molar-refractivity contribution in [2.45, 2.75) is 83.7 Å². The average molecular weight is 626 g/mol. The van der Waals surface area contributed by atoms with Crippen molar-refractivity contribution in [3.8, 4) is 0 Å². The van der Waals surface area contributed by atoms with Crippen LogP contribution in [-0.2, 0) is 51.1 Å². The highest BCUT2D eigenvalue weighted by Crippen LogP contribution is 2.47. The Labute approximate surface area is 254 Å². The molecule has 1 aromatic heterocycles. The van der Waals surface area contributed by atoms with Crippen LogP contribution in [-0.4, -0.2) is 88.5 Å². The molecule has 0 aromatic carbocycles. The number of carbonyl (C=O) groups excluding carboxylic acids is 5. The lowest BCUT2D eigenvalue weighted by molar-refractivity contribution is -0.194. The number of esters is 2. The van der Waals surface area contributed by atoms with Crippen LogP contribution in [0.2, 0.25) is 0 Å². The number of ether oxygens (including phenoxy) is 4. The summed E-state index contributed by atoms with van der Waals surface area (Å²) in [4.78, 5) is 67.9. The summed E-state index contributed by atoms with van der Waals surface area (Å²) >= 11 is 2.64. The Balaban J connectivity index is 1.73. The zero-order valence-corrected chi connectivity index (χ0v) is 27.1. The van der Waals surface area contributed by atoms with Gasteiger partial charge in [0.25, 0.3) is 11.6 Å². The fourth-order valence-electron chi connectivity index (χ4n) is 4.21. The van der Waals surface area contributed by atoms with E-state index in [0.29, 0.717) is 12.1 Å². The summed E-state index contributed by atoms with van der Waals surface area (Å²) in [5.41, 5.74) is -2.73. The first-order valence-electron chi connectivity index (χ1n) is 13.3. The van der Waals surface area contributed by atoms with Gasteiger partial charge in [0.1, 0.15) is 28.9 Å². The van der Waals surface area contributed by atoms with Gasteiger partial charge in [-0.1, -0.05) is 0 Å². The van der Waals surface area contributed by atoms with E-state index in [-0.39, 0.29) is 24.5 Å². The van der Waals surface area contributed by atoms with E-state index >= 15 is 0 Å². The van der Waals surface area contributed by atoms with E-state index < -0.39 is 52.1 Å². The minimum atomic E-state index is -1.70. The minimum absolute atomic E-state index is 0.0149. The Bertz CT molecular complexity index is 1280. The number of methoxy groups -OCH3 is 1. The van der Waals surface area contributed by atoms with Crippen molar-refractivity contribution in [3.63, 3.8) is 0 Å². The van der Waals surface area contributed by atoms with Crippen LogP contribution in [0.15, 0.2) is 23.4 Å². The maximum atomic E-state index is 13.6. The van der Waals surface area contributed by atoms with Crippen LogP contribution in [0, 0.1) is 0 Å². The molecular weight excluding hydrogens is 586 g/mol. The molecule has 0 aliphatic carbocycles. The van der Waals surface area contributed by atoms with Crippen LogP contribution >= 0.6 is 23.1 Å². The predicted molar refractivity (Wildman–Crippen MR) is 156 cm³/mol. The van der Waals surface area contributed by atoms with Crippen molar-refractivity contribution in [1.29, 1.82) is 0 Å². The number of thioether (sulfide) groups is 1. The summed E-state index contributed by atoms with van der Waals surface area (Å²) in [5.74, 6) is -2.10. The molecule has 12 nitrogen and oxygen atoms in total. The predicted octanol–water partition coefficient (Wildman–Crippen LogP) is 3.19. The van der Waals surface area contributed by atoms with Gasteiger partial charge in [-0.2, -0.15) is 0 Å². The van der Waals surface area contributed by atoms with Crippen molar-refractivity contribution in [2.75, 3.05) is 26.5 Å². The number of hydrogen-bond donors (Lipinski definition) is 1. The van der Waals surface area contributed by atoms with Crippen molar-refractivity contribution in [3.05, 3.63) is 33.2 Å². The number of amides is 3. The summed E-state index contributed by atoms with van der Waals surface area (Å²) in [7, 11) is 2.95. The maximum Gasteiger partial charge on any atom is 0.410 e. The van der Waals surface area contributed by atoms with Crippen molar-refractivity contribution < 1.29 is 42.9 Å². The van der Waals surface area contributed by atoms with Gasteiger partial charge in [0.2, 0.25) is 5.91 Å². The third kappa shape index (κ3) is 7.84. The second kappa shape index (κ2) is 12.6. The first kappa shape index (κ1) is 33.4. The molecule has 1 saturated heterocycles. The number of β-lactam (4-membered cyclic amide) rings is 1. The largest absolute Gasteiger partial charge is 0.461 e. The molecule has 0 saturated carbocycles. The molecule has 3 rings (SSSR count). The molecule has 3 amide bonds. The van der Waals surface area contributed by atoms with Crippen LogP contribution in [0.4, 0.5) is 4.79 Å². The van der Waals surface area contributed by atoms with Crippen LogP contribution < -0.4 is 5.32 Å². The van der Waals surface area contributed by atoms with E-state index in [0.717, 1.165) is 9.75 Å². The normalized spacial score (nSPS) is 20.4. The number of fused-ring (bicyclic) bond motifs is 1. The van der Waals surface area contributed by atoms with Crippen molar-refractivity contribution in [2.24, 2.45) is 0 Å². The fraction of sp³-hybridized carbons (Fsp3) is 0.607. The highest BCUT2D eigenvalue weighted by molar-refractivity contribution is 8.00. The first-order chi connectivity index (χ1) is 19.4. The lowest BCUT2D eigenvalue weighted by Crippen LogP contribution is -2.80. The summed E-state index contributed by atoms with van der Waals surface area (Å²) in [5, 5.41) is 1.99. The van der Waals surface area contributed by atoms with Gasteiger partial charge in [-0.25, -0.2) is 9.59 Å². The average Bonchev–Trinajstić information content (AvgIpc) is 3.29. The third-order valence-corrected chi connectivity index (χ3v) is 8.39. The van der Waals surface area contributed by atoms with E-state index in [9.17, 15) is 24.0 Å². The second-order valence-corrected chi connectivity index (χ2v) is 14.3. The zero-order chi connectivity index (χ0) is 31.6. The molecule has 0 spiro atoms. The van der Waals surface area contributed by atoms with Gasteiger partial charge in [0.05, 0.1) is 13.0 Å². The molecule has 14 heteroatoms. The van der Waals surface area contributed by atoms with E-state index in [1.54, 1.807) is 54.7 Å². The first-order valence-corrected chi connectivity index (χ1v) is 15.1. The molecule has 42 heavy (non-hydrogen) atoms. The Kier molecular flexibility index (Phi) is 10.1. The molecule has 0 radical (unpaired) electrons. The van der Waals surface area contributed by atoms with Gasteiger partial charge in [0, 0.05) is 42.2 Å². The molecule has 1 fully saturated rings. The van der Waals surface area contributed by atoms with Crippen molar-refractivity contribution in [1.82, 2.24) is 15.1 Å². The Morgan fingerprint density at radius 3 is 2.26 bits per heavy atom. The molecular formula is C28H39N3O9S2. The van der Waals surface area contributed by atoms with E-state index in [1.807, 2.05) is 6.07 Å². The van der Waals surface area contributed by atoms with Crippen LogP contribution in [0.1, 0.15) is 58.2 Å². The molecule has 1 N–H and O–H groups in total. The number of thiophene rings is 1. The van der Waals surface area contributed by atoms with Crippen molar-refractivity contribution >= 4 is 52.9 Å². The summed E-state index contributed by atoms with van der Waals surface area (Å²) in [6.07, 6.45) is -0.477. The summed E-state index contributed by atoms with van der Waals surface area (Å²) < 4.78 is 21.6. The molecule has 2 aliphatic heterocycles. The van der Waals surface area contributed by atoms with E-state index in [1.165, 1.54) is 46.9 Å². The number of nitrogens with one attached hydrogen (secondary N) is 1. The molecule has 0 bridgehead atoms. The van der Waals surface area contributed by atoms with Gasteiger partial charge in [-0.05, 0) is 53.7 Å². The van der Waals surface area contributed by atoms with Crippen LogP contribution in [0.5, 0.6) is 0 Å². The summed E-state index contributed by atoms with van der Waals surface area (Å²) in [6.45, 7) is 11.9. The molecule has 3 heterocycles. The molecule has 2 aliphatic rings. The quantitative estimate of drug-likeness (QED) is 0.188. The van der Waals surface area contributed by atoms with E-state index in [4.69, 9.17) is 18.9 Å². The number of rotatable bonds is 9. The lowest BCUT2D eigenvalue weighted by atomic mass is 9.97. The molecule has 1 aromatic rings. The number of carbonyl (C=O) groups is 5. The van der Waals surface area contributed by atoms with Gasteiger partial charge in [-0.3, -0.25) is 19.3 Å². The minimum Gasteiger partial charge on any atom is -0.461 e. The Morgan fingerprint density at radius 1 is 1.07 bits per heavy atom. The standard InChI is InChI=1S/C28H39N3O9S2/c1-16(32)38-14-17-15-41-24-28(37-9,23(35)31(24)21(17)22(34)39-26(2,3)4)29-20(33)12-18-10-11-19(42-18)13-30(8)25(36)40-27(5,6)7/h10-11,24H,12-15H2,1-9H3,(H,29,33)/t24-,28-/m0/s1. The molecule has 0 unspecified atom stereocenters. The molecule has 2 atom stereocenters. The highest BCUT2D eigenvalue weighted by Gasteiger charge is 2.66. The van der Waals surface area contributed by atoms with Gasteiger partial charge < -0.3 is 29.2 Å². The summed E-state index contributed by atoms with van der Waals surface area (Å²) in [6, 6.07) is 3.62. The van der Waals surface area contributed by atoms with E-state index in [2.05, 4.69) is 5.32 Å². The highest BCUT2D eigenvalue weighted by atomic mass is 32.2. The smallest absolute Gasteiger partial charge is 0.410 e. The van der Waals surface area contributed by atoms with Gasteiger partial charge >= 0.3 is 18.0 Å². The van der Waals surface area contributed by atoms with Gasteiger partial charge in [-0.15, -0.1) is 23.1 Å². The topological polar surface area (TPSA) is 141 Å². The monoisotopic (exact) mass is 625 g/mol. The Hall–Kier alpha value is -3.10. The fourth-order valence-corrected chi connectivity index (χ4v) is 6.70. The zero-order valence-electron chi connectivity index (χ0n) is 25.4. The number of hydrogen-bond acceptors (Lipinski definition) is 11. The second-order valence-electron chi connectivity index (χ2n) is 11.9. The SMILES string of the molecule is CO[C@@]1(NC(=O)Cc2ccc(CN(C)C(=O)OC(C)(C)C)s2)C(=O)N2C(C(=O)OC(C)(C)C)=C(COC(C)=O)CS[C@H]21. The third-order valence-electron chi connectivity index (χ3n) is 5.95. The van der Waals surface area contributed by atoms with Crippen LogP contribution in [0.3, 0.4) is 0 Å². The van der Waals surface area contributed by atoms with Gasteiger partial charge in [0.15, 0.2) is 0 Å². The maximum absolute atomic E-state index is 13.6. The number of nitrogens with zero attached hydrogens (tertiary/aromatic N) is 2. The Morgan fingerprint density at radius 2 is 1.69 bits per heavy atom.